The molecule has 0 amide bonds. The molecule has 4 heteroatoms. The van der Waals surface area contributed by atoms with E-state index in [1.165, 1.54) is 64.2 Å². The zero-order chi connectivity index (χ0) is 35.3. The first-order valence-electron chi connectivity index (χ1n) is 18.5. The fourth-order valence-electron chi connectivity index (χ4n) is 8.89. The molecule has 2 aliphatic rings. The Bertz CT molecular complexity index is 3010. The number of hydrogen-bond donors (Lipinski definition) is 0. The molecule has 3 aromatic heterocycles. The summed E-state index contributed by atoms with van der Waals surface area (Å²) in [5.41, 5.74) is 14.1. The lowest BCUT2D eigenvalue weighted by Crippen LogP contribution is -2.16. The lowest BCUT2D eigenvalue weighted by Gasteiger charge is -2.23. The van der Waals surface area contributed by atoms with Gasteiger partial charge in [0.25, 0.3) is 0 Å². The second kappa shape index (κ2) is 11.4. The van der Waals surface area contributed by atoms with Gasteiger partial charge in [-0.15, -0.1) is 11.3 Å². The minimum Gasteiger partial charge on any atom is -0.309 e. The van der Waals surface area contributed by atoms with Crippen molar-refractivity contribution < 1.29 is 0 Å². The van der Waals surface area contributed by atoms with Gasteiger partial charge in [-0.2, -0.15) is 0 Å². The van der Waals surface area contributed by atoms with Crippen molar-refractivity contribution in [1.29, 1.82) is 0 Å². The van der Waals surface area contributed by atoms with Gasteiger partial charge in [0.2, 0.25) is 0 Å². The third-order valence-corrected chi connectivity index (χ3v) is 12.5. The Kier molecular flexibility index (Phi) is 6.59. The Labute approximate surface area is 312 Å². The molecule has 252 valence electrons. The Morgan fingerprint density at radius 1 is 0.604 bits per heavy atom. The van der Waals surface area contributed by atoms with Crippen molar-refractivity contribution in [3.63, 3.8) is 0 Å². The van der Waals surface area contributed by atoms with Gasteiger partial charge in [0.15, 0.2) is 5.82 Å². The van der Waals surface area contributed by atoms with Crippen molar-refractivity contribution >= 4 is 58.9 Å². The van der Waals surface area contributed by atoms with Crippen LogP contribution in [0.3, 0.4) is 0 Å². The second-order valence-electron chi connectivity index (χ2n) is 14.9. The van der Waals surface area contributed by atoms with Crippen LogP contribution in [0.25, 0.3) is 87.0 Å². The lowest BCUT2D eigenvalue weighted by atomic mass is 9.81. The molecule has 3 heterocycles. The second-order valence-corrected chi connectivity index (χ2v) is 16.0. The van der Waals surface area contributed by atoms with Crippen LogP contribution >= 0.6 is 11.3 Å². The molecule has 0 fully saturated rings. The van der Waals surface area contributed by atoms with Crippen LogP contribution < -0.4 is 0 Å². The highest BCUT2D eigenvalue weighted by atomic mass is 32.1. The molecule has 0 aliphatic heterocycles. The van der Waals surface area contributed by atoms with Crippen LogP contribution in [0, 0.1) is 0 Å². The predicted molar refractivity (Wildman–Crippen MR) is 224 cm³/mol. The summed E-state index contributed by atoms with van der Waals surface area (Å²) in [7, 11) is 0. The number of thiophene rings is 1. The van der Waals surface area contributed by atoms with E-state index in [1.807, 2.05) is 17.4 Å². The highest BCUT2D eigenvalue weighted by molar-refractivity contribution is 7.25. The Morgan fingerprint density at radius 2 is 1.40 bits per heavy atom. The van der Waals surface area contributed by atoms with Gasteiger partial charge in [0.1, 0.15) is 0 Å². The number of rotatable bonds is 4. The van der Waals surface area contributed by atoms with Gasteiger partial charge < -0.3 is 4.57 Å². The summed E-state index contributed by atoms with van der Waals surface area (Å²) in [6.07, 6.45) is 8.82. The average molecular weight is 698 g/mol. The van der Waals surface area contributed by atoms with E-state index in [0.29, 0.717) is 0 Å². The number of fused-ring (bicyclic) bond motifs is 10. The monoisotopic (exact) mass is 697 g/mol. The minimum absolute atomic E-state index is 0.161. The van der Waals surface area contributed by atoms with E-state index in [4.69, 9.17) is 9.97 Å². The molecular formula is C49H35N3S. The zero-order valence-corrected chi connectivity index (χ0v) is 30.4. The van der Waals surface area contributed by atoms with E-state index in [2.05, 4.69) is 164 Å². The van der Waals surface area contributed by atoms with Crippen LogP contribution in [0.1, 0.15) is 43.5 Å². The number of aromatic nitrogens is 3. The third-order valence-electron chi connectivity index (χ3n) is 11.4. The van der Waals surface area contributed by atoms with Gasteiger partial charge >= 0.3 is 0 Å². The molecule has 6 aromatic carbocycles. The SMILES string of the molecule is CC1(C)c2ccccc2-c2ccc3c4cc5c(cc4n(-c4ccc(-c6nc(C7=CCCC=C7)cc(-c7ccccc7)n6)cc4)c3c21)sc1ccccc15. The zero-order valence-electron chi connectivity index (χ0n) is 29.6. The number of hydrogen-bond acceptors (Lipinski definition) is 3. The maximum absolute atomic E-state index is 5.15. The summed E-state index contributed by atoms with van der Waals surface area (Å²) in [4.78, 5) is 10.3. The number of benzene rings is 6. The molecule has 11 rings (SSSR count). The van der Waals surface area contributed by atoms with Gasteiger partial charge in [-0.1, -0.05) is 117 Å². The van der Waals surface area contributed by atoms with Gasteiger partial charge in [-0.05, 0) is 89.2 Å². The third kappa shape index (κ3) is 4.58. The van der Waals surface area contributed by atoms with E-state index in [1.54, 1.807) is 0 Å². The first kappa shape index (κ1) is 30.5. The van der Waals surface area contributed by atoms with Gasteiger partial charge in [0, 0.05) is 53.2 Å². The van der Waals surface area contributed by atoms with E-state index in [-0.39, 0.29) is 5.41 Å². The molecule has 0 saturated carbocycles. The predicted octanol–water partition coefficient (Wildman–Crippen LogP) is 13.3. The molecule has 2 aliphatic carbocycles. The van der Waals surface area contributed by atoms with Crippen LogP contribution in [-0.2, 0) is 5.41 Å². The molecule has 0 unspecified atom stereocenters. The van der Waals surface area contributed by atoms with E-state index >= 15 is 0 Å². The smallest absolute Gasteiger partial charge is 0.160 e. The average Bonchev–Trinajstić information content (AvgIpc) is 3.82. The maximum Gasteiger partial charge on any atom is 0.160 e. The highest BCUT2D eigenvalue weighted by Gasteiger charge is 2.38. The molecule has 0 bridgehead atoms. The first-order valence-corrected chi connectivity index (χ1v) is 19.3. The van der Waals surface area contributed by atoms with Crippen LogP contribution in [0.2, 0.25) is 0 Å². The lowest BCUT2D eigenvalue weighted by molar-refractivity contribution is 0.664. The summed E-state index contributed by atoms with van der Waals surface area (Å²) in [5.74, 6) is 0.736. The fourth-order valence-corrected chi connectivity index (χ4v) is 10.0. The minimum atomic E-state index is -0.161. The van der Waals surface area contributed by atoms with Crippen molar-refractivity contribution in [2.75, 3.05) is 0 Å². The summed E-state index contributed by atoms with van der Waals surface area (Å²) in [5, 5.41) is 5.22. The topological polar surface area (TPSA) is 30.7 Å². The van der Waals surface area contributed by atoms with Crippen molar-refractivity contribution in [3.8, 4) is 39.5 Å². The molecule has 9 aromatic rings. The molecule has 0 atom stereocenters. The summed E-state index contributed by atoms with van der Waals surface area (Å²) >= 11 is 1.88. The van der Waals surface area contributed by atoms with Crippen molar-refractivity contribution in [1.82, 2.24) is 14.5 Å². The molecule has 0 radical (unpaired) electrons. The normalized spacial score (nSPS) is 14.6. The number of nitrogens with zero attached hydrogens (tertiary/aromatic N) is 3. The molecule has 3 nitrogen and oxygen atoms in total. The molecule has 0 spiro atoms. The Balaban J connectivity index is 1.15. The number of allylic oxidation sites excluding steroid dienone is 4. The van der Waals surface area contributed by atoms with Crippen LogP contribution in [0.5, 0.6) is 0 Å². The Hall–Kier alpha value is -6.10. The van der Waals surface area contributed by atoms with Crippen molar-refractivity contribution in [2.45, 2.75) is 32.1 Å². The highest BCUT2D eigenvalue weighted by Crippen LogP contribution is 2.53. The summed E-state index contributed by atoms with van der Waals surface area (Å²) < 4.78 is 5.16. The van der Waals surface area contributed by atoms with Gasteiger partial charge in [-0.3, -0.25) is 0 Å². The molecular weight excluding hydrogens is 663 g/mol. The van der Waals surface area contributed by atoms with E-state index in [0.717, 1.165) is 52.4 Å². The van der Waals surface area contributed by atoms with E-state index in [9.17, 15) is 0 Å². The fraction of sp³-hybridized carbons (Fsp3) is 0.102. The molecule has 0 N–H and O–H groups in total. The molecule has 53 heavy (non-hydrogen) atoms. The van der Waals surface area contributed by atoms with Crippen LogP contribution in [0.15, 0.2) is 152 Å². The van der Waals surface area contributed by atoms with Crippen molar-refractivity contribution in [3.05, 3.63) is 169 Å². The van der Waals surface area contributed by atoms with Crippen molar-refractivity contribution in [2.24, 2.45) is 0 Å². The van der Waals surface area contributed by atoms with Gasteiger partial charge in [-0.25, -0.2) is 9.97 Å². The first-order chi connectivity index (χ1) is 26.0. The standard InChI is InChI=1S/C49H35N3S/c1-49(2)40-19-11-9-17-34(40)36-25-26-37-38-27-39-35-18-10-12-20-44(35)53-45(39)29-43(38)52(47(37)46(36)49)33-23-21-32(22-24-33)48-50-41(30-13-5-3-6-14-30)28-42(51-48)31-15-7-4-8-16-31/h3,5-7,9-29H,4,8H2,1-2H3. The quantitative estimate of drug-likeness (QED) is 0.183. The van der Waals surface area contributed by atoms with E-state index < -0.39 is 0 Å². The largest absolute Gasteiger partial charge is 0.309 e. The Morgan fingerprint density at radius 3 is 2.25 bits per heavy atom. The van der Waals surface area contributed by atoms with Crippen LogP contribution in [0.4, 0.5) is 0 Å². The van der Waals surface area contributed by atoms with Crippen LogP contribution in [-0.4, -0.2) is 14.5 Å². The maximum atomic E-state index is 5.15. The summed E-state index contributed by atoms with van der Waals surface area (Å²) in [6, 6.07) is 48.8. The van der Waals surface area contributed by atoms with Gasteiger partial charge in [0.05, 0.1) is 22.4 Å². The molecule has 0 saturated heterocycles. The summed E-state index contributed by atoms with van der Waals surface area (Å²) in [6.45, 7) is 4.78.